The van der Waals surface area contributed by atoms with Crippen LogP contribution < -0.4 is 21.3 Å². The van der Waals surface area contributed by atoms with Crippen molar-refractivity contribution in [2.75, 3.05) is 68.5 Å². The minimum absolute atomic E-state index is 0.0168. The number of hydrogen-bond donors (Lipinski definition) is 4. The van der Waals surface area contributed by atoms with Crippen molar-refractivity contribution in [2.24, 2.45) is 23.7 Å². The zero-order valence-electron chi connectivity index (χ0n) is 55.1. The monoisotopic (exact) mass is 1270 g/mol. The second-order valence-electron chi connectivity index (χ2n) is 26.9. The van der Waals surface area contributed by atoms with Crippen LogP contribution in [0.15, 0.2) is 18.2 Å². The van der Waals surface area contributed by atoms with Crippen LogP contribution in [0.2, 0.25) is 0 Å². The molecule has 7 atom stereocenters. The van der Waals surface area contributed by atoms with Gasteiger partial charge in [-0.05, 0) is 106 Å². The van der Waals surface area contributed by atoms with Gasteiger partial charge in [0, 0.05) is 61.3 Å². The van der Waals surface area contributed by atoms with E-state index in [-0.39, 0.29) is 87.6 Å². The largest absolute Gasteiger partial charge is 0.419 e. The van der Waals surface area contributed by atoms with Gasteiger partial charge in [-0.2, -0.15) is 13.2 Å². The fraction of sp³-hybridized carbons (Fsp3) is 0.734. The van der Waals surface area contributed by atoms with Crippen molar-refractivity contribution in [2.45, 2.75) is 212 Å². The lowest BCUT2D eigenvalue weighted by Gasteiger charge is -2.39. The Kier molecular flexibility index (Phi) is 26.6. The third-order valence-corrected chi connectivity index (χ3v) is 18.2. The Bertz CT molecular complexity index is 2750. The first-order valence-electron chi connectivity index (χ1n) is 32.0. The zero-order valence-corrected chi connectivity index (χ0v) is 55.1. The molecule has 4 aliphatic rings. The molecule has 0 bridgehead atoms. The van der Waals surface area contributed by atoms with Gasteiger partial charge in [0.1, 0.15) is 47.6 Å². The van der Waals surface area contributed by atoms with Crippen molar-refractivity contribution in [1.82, 2.24) is 55.6 Å². The second-order valence-corrected chi connectivity index (χ2v) is 26.9. The summed E-state index contributed by atoms with van der Waals surface area (Å²) in [6, 6.07) is -5.58. The Labute approximate surface area is 528 Å². The minimum Gasteiger partial charge on any atom is -0.351 e. The molecule has 1 aromatic rings. The fourth-order valence-electron chi connectivity index (χ4n) is 12.9. The maximum Gasteiger partial charge on any atom is 0.419 e. The molecule has 2 heterocycles. The van der Waals surface area contributed by atoms with Gasteiger partial charge in [0.15, 0.2) is 0 Å². The number of halogens is 4. The second kappa shape index (κ2) is 32.4. The smallest absolute Gasteiger partial charge is 0.351 e. The molecule has 2 aliphatic carbocycles. The summed E-state index contributed by atoms with van der Waals surface area (Å²) in [7, 11) is 8.45. The van der Waals surface area contributed by atoms with E-state index >= 15 is 4.79 Å². The topological polar surface area (TPSA) is 259 Å². The standard InChI is InChI=1S/C64H99F4N11O11/c1-38(2)30-48-57(85)71-55(40(5)6)61(89)75(10)36-53(82)73(8)37-54(83)77(12)50(34-42-20-15-14-16-21-42)60(88)74(9)35-51(80)70-46(26-24-43-23-25-44(45(65)33-43)64(66,67)68)59(87)79-29-19-22-47(79)58(86)72-63(27-17-18-28-63)62(90)78(13)49(31-39(3)4)56(84)69-41(7)32-52(81)76(48)11/h23,25,33,38-42,46-50,55H,14-22,24,26-32,34-37H2,1-13H3,(H,69,84)(H,70,80)(H,71,85)(H,72,86)/t41-,46+,47+,48+,49+,50+,55+/m1/s1. The summed E-state index contributed by atoms with van der Waals surface area (Å²) in [5.41, 5.74) is -2.94. The van der Waals surface area contributed by atoms with E-state index in [0.29, 0.717) is 31.4 Å². The maximum absolute atomic E-state index is 15.0. The number of benzene rings is 1. The van der Waals surface area contributed by atoms with Crippen molar-refractivity contribution >= 4 is 65.0 Å². The van der Waals surface area contributed by atoms with Gasteiger partial charge < -0.3 is 55.6 Å². The van der Waals surface area contributed by atoms with E-state index in [4.69, 9.17) is 0 Å². The minimum atomic E-state index is -4.99. The molecule has 1 spiro atoms. The van der Waals surface area contributed by atoms with Crippen LogP contribution in [-0.4, -0.2) is 216 Å². The molecule has 0 radical (unpaired) electrons. The summed E-state index contributed by atoms with van der Waals surface area (Å²) in [4.78, 5) is 167. The van der Waals surface area contributed by atoms with Crippen LogP contribution in [0.25, 0.3) is 0 Å². The predicted octanol–water partition coefficient (Wildman–Crippen LogP) is 4.65. The Morgan fingerprint density at radius 2 is 1.17 bits per heavy atom. The number of aryl methyl sites for hydroxylation is 1. The van der Waals surface area contributed by atoms with Crippen molar-refractivity contribution in [3.63, 3.8) is 0 Å². The van der Waals surface area contributed by atoms with Gasteiger partial charge in [0.2, 0.25) is 65.0 Å². The summed E-state index contributed by atoms with van der Waals surface area (Å²) < 4.78 is 55.8. The molecular weight excluding hydrogens is 1170 g/mol. The average molecular weight is 1270 g/mol. The third-order valence-electron chi connectivity index (χ3n) is 18.2. The maximum atomic E-state index is 15.0. The predicted molar refractivity (Wildman–Crippen MR) is 327 cm³/mol. The molecule has 504 valence electrons. The quantitative estimate of drug-likeness (QED) is 0.235. The molecule has 4 N–H and O–H groups in total. The van der Waals surface area contributed by atoms with Gasteiger partial charge in [-0.1, -0.05) is 92.6 Å². The molecule has 90 heavy (non-hydrogen) atoms. The number of likely N-dealkylation sites (N-methyl/N-ethyl adjacent to an activating group) is 6. The first kappa shape index (κ1) is 73.8. The Hall–Kier alpha value is -6.89. The van der Waals surface area contributed by atoms with E-state index in [0.717, 1.165) is 52.9 Å². The molecule has 0 unspecified atom stereocenters. The van der Waals surface area contributed by atoms with Crippen LogP contribution in [-0.2, 0) is 65.3 Å². The van der Waals surface area contributed by atoms with E-state index in [2.05, 4.69) is 21.3 Å². The summed E-state index contributed by atoms with van der Waals surface area (Å²) in [5, 5.41) is 11.4. The lowest BCUT2D eigenvalue weighted by molar-refractivity contribution is -0.149. The first-order chi connectivity index (χ1) is 42.1. The molecule has 11 amide bonds. The van der Waals surface area contributed by atoms with Crippen molar-refractivity contribution in [1.29, 1.82) is 0 Å². The molecule has 2 saturated heterocycles. The number of nitrogens with one attached hydrogen (secondary N) is 4. The number of hydrogen-bond acceptors (Lipinski definition) is 11. The molecule has 1 aromatic carbocycles. The number of rotatable bonds is 10. The van der Waals surface area contributed by atoms with E-state index in [9.17, 15) is 65.5 Å². The third kappa shape index (κ3) is 19.6. The molecule has 26 heteroatoms. The van der Waals surface area contributed by atoms with Crippen LogP contribution in [0, 0.1) is 29.5 Å². The Morgan fingerprint density at radius 3 is 1.74 bits per heavy atom. The summed E-state index contributed by atoms with van der Waals surface area (Å²) in [6.45, 7) is 10.9. The molecule has 2 saturated carbocycles. The molecular formula is C64H99F4N11O11. The number of carbonyl (C=O) groups is 11. The highest BCUT2D eigenvalue weighted by molar-refractivity contribution is 5.99. The van der Waals surface area contributed by atoms with Gasteiger partial charge in [-0.15, -0.1) is 0 Å². The van der Waals surface area contributed by atoms with Gasteiger partial charge in [-0.25, -0.2) is 4.39 Å². The number of nitrogens with zero attached hydrogens (tertiary/aromatic N) is 7. The van der Waals surface area contributed by atoms with Crippen LogP contribution in [0.3, 0.4) is 0 Å². The van der Waals surface area contributed by atoms with Gasteiger partial charge in [-0.3, -0.25) is 52.7 Å². The molecule has 0 aromatic heterocycles. The van der Waals surface area contributed by atoms with E-state index in [1.165, 1.54) is 61.9 Å². The number of fused-ring (bicyclic) bond motifs is 1. The summed E-state index contributed by atoms with van der Waals surface area (Å²) in [6.07, 6.45) is 1.06. The van der Waals surface area contributed by atoms with Gasteiger partial charge >= 0.3 is 6.18 Å². The SMILES string of the molecule is CC(C)C[C@H]1C(=O)N[C@@H](C(C)C)C(=O)N(C)CC(=O)N(C)CC(=O)N(C)[C@@H](CC2CCCCC2)C(=O)N(C)CC(=O)N[C@@H](CCc2ccc(C(F)(F)F)c(F)c2)C(=O)N2CCC[C@H]2C(=O)NC2(CCCC2)C(=O)N(C)[C@@H](CC(C)C)C(=O)N[C@H](C)CC(=O)N1C. The Morgan fingerprint density at radius 1 is 0.600 bits per heavy atom. The molecule has 2 aliphatic heterocycles. The normalized spacial score (nSPS) is 26.0. The lowest BCUT2D eigenvalue weighted by Crippen LogP contribution is -2.64. The van der Waals surface area contributed by atoms with Crippen molar-refractivity contribution in [3.8, 4) is 0 Å². The number of amides is 11. The summed E-state index contributed by atoms with van der Waals surface area (Å²) >= 11 is 0. The molecule has 4 fully saturated rings. The highest BCUT2D eigenvalue weighted by atomic mass is 19.4. The molecule has 22 nitrogen and oxygen atoms in total. The average Bonchev–Trinajstić information content (AvgIpc) is 1.56. The van der Waals surface area contributed by atoms with E-state index in [1.54, 1.807) is 20.8 Å². The first-order valence-corrected chi connectivity index (χ1v) is 32.0. The number of carbonyl (C=O) groups excluding carboxylic acids is 11. The zero-order chi connectivity index (χ0) is 67.3. The van der Waals surface area contributed by atoms with Gasteiger partial charge in [0.05, 0.1) is 25.2 Å². The molecule has 5 rings (SSSR count). The fourth-order valence-corrected chi connectivity index (χ4v) is 12.9. The van der Waals surface area contributed by atoms with Gasteiger partial charge in [0.25, 0.3) is 0 Å². The van der Waals surface area contributed by atoms with Crippen molar-refractivity contribution < 1.29 is 70.3 Å². The Balaban J connectivity index is 1.54. The van der Waals surface area contributed by atoms with Crippen LogP contribution in [0.5, 0.6) is 0 Å². The lowest BCUT2D eigenvalue weighted by atomic mass is 9.84. The van der Waals surface area contributed by atoms with Crippen LogP contribution in [0.1, 0.15) is 162 Å². The van der Waals surface area contributed by atoms with E-state index < -0.39 is 156 Å². The summed E-state index contributed by atoms with van der Waals surface area (Å²) in [5.74, 6) is -9.34. The highest BCUT2D eigenvalue weighted by Gasteiger charge is 2.49. The highest BCUT2D eigenvalue weighted by Crippen LogP contribution is 2.35. The van der Waals surface area contributed by atoms with Crippen LogP contribution >= 0.6 is 0 Å². The van der Waals surface area contributed by atoms with Crippen LogP contribution in [0.4, 0.5) is 17.6 Å². The van der Waals surface area contributed by atoms with Crippen molar-refractivity contribution in [3.05, 3.63) is 35.1 Å². The van der Waals surface area contributed by atoms with E-state index in [1.807, 2.05) is 27.7 Å². The number of alkyl halides is 3.